The molecule has 1 aromatic heterocycles. The van der Waals surface area contributed by atoms with Crippen molar-refractivity contribution < 1.29 is 4.74 Å². The third-order valence-electron chi connectivity index (χ3n) is 2.67. The van der Waals surface area contributed by atoms with Gasteiger partial charge in [-0.15, -0.1) is 0 Å². The Bertz CT molecular complexity index is 507. The number of aryl methyl sites for hydroxylation is 1. The van der Waals surface area contributed by atoms with Gasteiger partial charge in [-0.2, -0.15) is 5.10 Å². The average Bonchev–Trinajstić information content (AvgIpc) is 2.86. The van der Waals surface area contributed by atoms with Crippen molar-refractivity contribution in [1.82, 2.24) is 14.8 Å². The molecule has 0 radical (unpaired) electrons. The standard InChI is InChI=1S/C12H16N4O/c1-3-16-12(14-8-15-16)9-4-5-11(17-2)10(6-9)7-13/h4-6,8H,3,7,13H2,1-2H3. The molecule has 0 spiro atoms. The van der Waals surface area contributed by atoms with Gasteiger partial charge >= 0.3 is 0 Å². The molecule has 0 aliphatic carbocycles. The van der Waals surface area contributed by atoms with Gasteiger partial charge in [0.05, 0.1) is 7.11 Å². The summed E-state index contributed by atoms with van der Waals surface area (Å²) in [6.45, 7) is 3.27. The summed E-state index contributed by atoms with van der Waals surface area (Å²) in [6.07, 6.45) is 1.56. The minimum atomic E-state index is 0.442. The van der Waals surface area contributed by atoms with E-state index in [0.717, 1.165) is 29.2 Å². The molecule has 0 saturated heterocycles. The Kier molecular flexibility index (Phi) is 3.39. The molecule has 2 rings (SSSR count). The molecule has 5 nitrogen and oxygen atoms in total. The van der Waals surface area contributed by atoms with E-state index in [1.165, 1.54) is 0 Å². The molecule has 0 amide bonds. The molecule has 0 fully saturated rings. The highest BCUT2D eigenvalue weighted by atomic mass is 16.5. The van der Waals surface area contributed by atoms with E-state index < -0.39 is 0 Å². The molecule has 5 heteroatoms. The zero-order chi connectivity index (χ0) is 12.3. The number of ether oxygens (including phenoxy) is 1. The Balaban J connectivity index is 2.46. The van der Waals surface area contributed by atoms with Gasteiger partial charge in [0.15, 0.2) is 5.82 Å². The van der Waals surface area contributed by atoms with Crippen molar-refractivity contribution >= 4 is 0 Å². The van der Waals surface area contributed by atoms with Crippen molar-refractivity contribution in [1.29, 1.82) is 0 Å². The van der Waals surface area contributed by atoms with E-state index >= 15 is 0 Å². The van der Waals surface area contributed by atoms with Crippen molar-refractivity contribution in [3.63, 3.8) is 0 Å². The van der Waals surface area contributed by atoms with Crippen LogP contribution in [0.4, 0.5) is 0 Å². The quantitative estimate of drug-likeness (QED) is 0.866. The third-order valence-corrected chi connectivity index (χ3v) is 2.67. The van der Waals surface area contributed by atoms with Crippen LogP contribution in [0.2, 0.25) is 0 Å². The van der Waals surface area contributed by atoms with Crippen LogP contribution in [0.3, 0.4) is 0 Å². The van der Waals surface area contributed by atoms with Gasteiger partial charge in [0.2, 0.25) is 0 Å². The monoisotopic (exact) mass is 232 g/mol. The molecule has 0 saturated carbocycles. The van der Waals surface area contributed by atoms with Crippen LogP contribution in [0, 0.1) is 0 Å². The molecule has 0 atom stereocenters. The summed E-state index contributed by atoms with van der Waals surface area (Å²) in [5, 5.41) is 4.15. The first-order chi connectivity index (χ1) is 8.30. The summed E-state index contributed by atoms with van der Waals surface area (Å²) in [5.74, 6) is 1.66. The minimum absolute atomic E-state index is 0.442. The topological polar surface area (TPSA) is 66.0 Å². The number of hydrogen-bond donors (Lipinski definition) is 1. The summed E-state index contributed by atoms with van der Waals surface area (Å²) < 4.78 is 7.09. The van der Waals surface area contributed by atoms with Crippen LogP contribution in [-0.2, 0) is 13.1 Å². The van der Waals surface area contributed by atoms with E-state index in [9.17, 15) is 0 Å². The van der Waals surface area contributed by atoms with Crippen molar-refractivity contribution in [2.45, 2.75) is 20.0 Å². The predicted octanol–water partition coefficient (Wildman–Crippen LogP) is 1.43. The average molecular weight is 232 g/mol. The summed E-state index contributed by atoms with van der Waals surface area (Å²) in [4.78, 5) is 4.26. The van der Waals surface area contributed by atoms with Gasteiger partial charge in [-0.1, -0.05) is 0 Å². The molecule has 17 heavy (non-hydrogen) atoms. The van der Waals surface area contributed by atoms with Crippen LogP contribution < -0.4 is 10.5 Å². The molecule has 1 heterocycles. The van der Waals surface area contributed by atoms with Gasteiger partial charge in [-0.05, 0) is 25.1 Å². The van der Waals surface area contributed by atoms with Crippen LogP contribution in [0.25, 0.3) is 11.4 Å². The third kappa shape index (κ3) is 2.14. The molecule has 1 aromatic carbocycles. The van der Waals surface area contributed by atoms with Crippen molar-refractivity contribution in [2.75, 3.05) is 7.11 Å². The maximum absolute atomic E-state index is 5.70. The Labute approximate surface area is 100 Å². The zero-order valence-electron chi connectivity index (χ0n) is 10.1. The lowest BCUT2D eigenvalue weighted by molar-refractivity contribution is 0.410. The fourth-order valence-electron chi connectivity index (χ4n) is 1.80. The number of nitrogens with zero attached hydrogens (tertiary/aromatic N) is 3. The Hall–Kier alpha value is -1.88. The van der Waals surface area contributed by atoms with Crippen LogP contribution >= 0.6 is 0 Å². The summed E-state index contributed by atoms with van der Waals surface area (Å²) in [6, 6.07) is 5.87. The molecule has 0 aliphatic rings. The van der Waals surface area contributed by atoms with E-state index in [2.05, 4.69) is 10.1 Å². The second-order valence-corrected chi connectivity index (χ2v) is 3.63. The van der Waals surface area contributed by atoms with Gasteiger partial charge in [0.1, 0.15) is 12.1 Å². The first-order valence-corrected chi connectivity index (χ1v) is 5.55. The van der Waals surface area contributed by atoms with Crippen LogP contribution in [0.1, 0.15) is 12.5 Å². The highest BCUT2D eigenvalue weighted by molar-refractivity contribution is 5.58. The molecule has 2 aromatic rings. The molecular formula is C12H16N4O. The maximum atomic E-state index is 5.70. The second-order valence-electron chi connectivity index (χ2n) is 3.63. The van der Waals surface area contributed by atoms with Gasteiger partial charge in [0, 0.05) is 24.2 Å². The fourth-order valence-corrected chi connectivity index (χ4v) is 1.80. The number of hydrogen-bond acceptors (Lipinski definition) is 4. The van der Waals surface area contributed by atoms with Crippen molar-refractivity contribution in [2.24, 2.45) is 5.73 Å². The lowest BCUT2D eigenvalue weighted by Gasteiger charge is -2.09. The highest BCUT2D eigenvalue weighted by Gasteiger charge is 2.09. The number of methoxy groups -OCH3 is 1. The summed E-state index contributed by atoms with van der Waals surface area (Å²) in [5.41, 5.74) is 7.67. The first-order valence-electron chi connectivity index (χ1n) is 5.55. The Morgan fingerprint density at radius 3 is 2.88 bits per heavy atom. The van der Waals surface area contributed by atoms with Gasteiger partial charge in [-0.25, -0.2) is 9.67 Å². The largest absolute Gasteiger partial charge is 0.496 e. The van der Waals surface area contributed by atoms with Crippen molar-refractivity contribution in [3.8, 4) is 17.1 Å². The SMILES string of the molecule is CCn1ncnc1-c1ccc(OC)c(CN)c1. The lowest BCUT2D eigenvalue weighted by Crippen LogP contribution is -2.03. The first kappa shape index (κ1) is 11.6. The van der Waals surface area contributed by atoms with Crippen LogP contribution in [0.5, 0.6) is 5.75 Å². The summed E-state index contributed by atoms with van der Waals surface area (Å²) >= 11 is 0. The van der Waals surface area contributed by atoms with E-state index in [1.807, 2.05) is 29.8 Å². The zero-order valence-corrected chi connectivity index (χ0v) is 10.1. The number of aromatic nitrogens is 3. The van der Waals surface area contributed by atoms with Gasteiger partial charge < -0.3 is 10.5 Å². The van der Waals surface area contributed by atoms with Crippen molar-refractivity contribution in [3.05, 3.63) is 30.1 Å². The van der Waals surface area contributed by atoms with Crippen LogP contribution in [0.15, 0.2) is 24.5 Å². The summed E-state index contributed by atoms with van der Waals surface area (Å²) in [7, 11) is 1.64. The molecule has 90 valence electrons. The molecule has 0 aliphatic heterocycles. The molecule has 0 unspecified atom stereocenters. The van der Waals surface area contributed by atoms with E-state index in [0.29, 0.717) is 6.54 Å². The minimum Gasteiger partial charge on any atom is -0.496 e. The van der Waals surface area contributed by atoms with Crippen LogP contribution in [-0.4, -0.2) is 21.9 Å². The molecular weight excluding hydrogens is 216 g/mol. The molecule has 0 bridgehead atoms. The second kappa shape index (κ2) is 4.97. The smallest absolute Gasteiger partial charge is 0.158 e. The Morgan fingerprint density at radius 1 is 1.41 bits per heavy atom. The number of benzene rings is 1. The van der Waals surface area contributed by atoms with Gasteiger partial charge in [-0.3, -0.25) is 0 Å². The Morgan fingerprint density at radius 2 is 2.24 bits per heavy atom. The highest BCUT2D eigenvalue weighted by Crippen LogP contribution is 2.24. The van der Waals surface area contributed by atoms with E-state index in [1.54, 1.807) is 13.4 Å². The predicted molar refractivity (Wildman–Crippen MR) is 65.6 cm³/mol. The van der Waals surface area contributed by atoms with E-state index in [-0.39, 0.29) is 0 Å². The maximum Gasteiger partial charge on any atom is 0.158 e. The van der Waals surface area contributed by atoms with Gasteiger partial charge in [0.25, 0.3) is 0 Å². The lowest BCUT2D eigenvalue weighted by atomic mass is 10.1. The molecule has 2 N–H and O–H groups in total. The van der Waals surface area contributed by atoms with E-state index in [4.69, 9.17) is 10.5 Å². The normalized spacial score (nSPS) is 10.5. The fraction of sp³-hybridized carbons (Fsp3) is 0.333. The number of rotatable bonds is 4. The number of nitrogens with two attached hydrogens (primary N) is 1.